The highest BCUT2D eigenvalue weighted by Gasteiger charge is 2.15. The maximum atomic E-state index is 11.1. The number of aryl methyl sites for hydroxylation is 2. The van der Waals surface area contributed by atoms with E-state index in [0.29, 0.717) is 18.6 Å². The van der Waals surface area contributed by atoms with E-state index in [1.165, 1.54) is 0 Å². The van der Waals surface area contributed by atoms with Gasteiger partial charge in [0.05, 0.1) is 19.5 Å². The molecule has 7 heteroatoms. The number of methoxy groups -OCH3 is 1. The zero-order chi connectivity index (χ0) is 23.6. The van der Waals surface area contributed by atoms with Gasteiger partial charge in [-0.1, -0.05) is 44.5 Å². The van der Waals surface area contributed by atoms with Gasteiger partial charge in [0.15, 0.2) is 0 Å². The molecule has 1 unspecified atom stereocenters. The monoisotopic (exact) mass is 462 g/mol. The molecule has 0 saturated carbocycles. The van der Waals surface area contributed by atoms with E-state index in [1.807, 2.05) is 43.3 Å². The molecule has 2 aromatic carbocycles. The van der Waals surface area contributed by atoms with Crippen LogP contribution in [0.5, 0.6) is 11.5 Å². The zero-order valence-electron chi connectivity index (χ0n) is 19.2. The van der Waals surface area contributed by atoms with Crippen molar-refractivity contribution in [1.29, 1.82) is 0 Å². The van der Waals surface area contributed by atoms with Gasteiger partial charge in [0.2, 0.25) is 0 Å². The molecule has 0 aliphatic rings. The molecule has 2 rings (SSSR count). The second-order valence-corrected chi connectivity index (χ2v) is 9.66. The third kappa shape index (κ3) is 8.28. The molecule has 0 fully saturated rings. The Balaban J connectivity index is 2.03. The van der Waals surface area contributed by atoms with Gasteiger partial charge in [0, 0.05) is 5.56 Å². The molecular formula is C25H34O6S. The van der Waals surface area contributed by atoms with Gasteiger partial charge in [-0.3, -0.25) is 9.35 Å². The summed E-state index contributed by atoms with van der Waals surface area (Å²) in [7, 11) is -2.38. The van der Waals surface area contributed by atoms with Crippen molar-refractivity contribution in [2.24, 2.45) is 0 Å². The minimum atomic E-state index is -3.98. The SMILES string of the molecule is CCCCOc1cc(C=O)ccc1CCCc1ccc(C(C)CCS(=O)(=O)O)c(OC)c1. The molecule has 0 saturated heterocycles. The second-order valence-electron chi connectivity index (χ2n) is 8.09. The maximum Gasteiger partial charge on any atom is 0.264 e. The molecule has 0 aliphatic carbocycles. The zero-order valence-corrected chi connectivity index (χ0v) is 20.0. The molecule has 32 heavy (non-hydrogen) atoms. The highest BCUT2D eigenvalue weighted by Crippen LogP contribution is 2.31. The third-order valence-electron chi connectivity index (χ3n) is 5.53. The molecule has 6 nitrogen and oxygen atoms in total. The van der Waals surface area contributed by atoms with E-state index < -0.39 is 10.1 Å². The van der Waals surface area contributed by atoms with Crippen molar-refractivity contribution in [3.8, 4) is 11.5 Å². The lowest BCUT2D eigenvalue weighted by molar-refractivity contribution is 0.112. The Morgan fingerprint density at radius 3 is 2.50 bits per heavy atom. The van der Waals surface area contributed by atoms with Crippen LogP contribution in [-0.4, -0.2) is 38.7 Å². The third-order valence-corrected chi connectivity index (χ3v) is 6.28. The van der Waals surface area contributed by atoms with Gasteiger partial charge in [0.1, 0.15) is 17.8 Å². The fraction of sp³-hybridized carbons (Fsp3) is 0.480. The molecule has 176 valence electrons. The van der Waals surface area contributed by atoms with E-state index in [1.54, 1.807) is 7.11 Å². The van der Waals surface area contributed by atoms with Crippen molar-refractivity contribution in [2.45, 2.75) is 58.3 Å². The van der Waals surface area contributed by atoms with Crippen LogP contribution >= 0.6 is 0 Å². The van der Waals surface area contributed by atoms with Gasteiger partial charge in [0.25, 0.3) is 10.1 Å². The molecule has 1 atom stereocenters. The van der Waals surface area contributed by atoms with E-state index in [-0.39, 0.29) is 11.7 Å². The number of rotatable bonds is 14. The molecule has 0 aliphatic heterocycles. The van der Waals surface area contributed by atoms with Crippen LogP contribution in [0.4, 0.5) is 0 Å². The van der Waals surface area contributed by atoms with Crippen LogP contribution in [0.25, 0.3) is 0 Å². The molecule has 0 radical (unpaired) electrons. The normalized spacial score (nSPS) is 12.4. The summed E-state index contributed by atoms with van der Waals surface area (Å²) in [6.07, 6.45) is 5.77. The van der Waals surface area contributed by atoms with Crippen LogP contribution in [0, 0.1) is 0 Å². The molecule has 1 N–H and O–H groups in total. The van der Waals surface area contributed by atoms with E-state index in [4.69, 9.17) is 14.0 Å². The lowest BCUT2D eigenvalue weighted by atomic mass is 9.94. The summed E-state index contributed by atoms with van der Waals surface area (Å²) in [6.45, 7) is 4.67. The molecular weight excluding hydrogens is 428 g/mol. The lowest BCUT2D eigenvalue weighted by Gasteiger charge is -2.16. The number of ether oxygens (including phenoxy) is 2. The minimum absolute atomic E-state index is 0.0555. The van der Waals surface area contributed by atoms with Gasteiger partial charge in [-0.05, 0) is 66.8 Å². The molecule has 0 bridgehead atoms. The van der Waals surface area contributed by atoms with Crippen LogP contribution in [0.15, 0.2) is 36.4 Å². The van der Waals surface area contributed by atoms with Crippen molar-refractivity contribution >= 4 is 16.4 Å². The average Bonchev–Trinajstić information content (AvgIpc) is 2.77. The van der Waals surface area contributed by atoms with Crippen molar-refractivity contribution in [1.82, 2.24) is 0 Å². The fourth-order valence-electron chi connectivity index (χ4n) is 3.59. The smallest absolute Gasteiger partial charge is 0.264 e. The predicted octanol–water partition coefficient (Wildman–Crippen LogP) is 5.24. The number of aldehydes is 1. The number of unbranched alkanes of at least 4 members (excludes halogenated alkanes) is 1. The predicted molar refractivity (Wildman–Crippen MR) is 127 cm³/mol. The molecule has 0 aromatic heterocycles. The maximum absolute atomic E-state index is 11.1. The Hall–Kier alpha value is -2.38. The lowest BCUT2D eigenvalue weighted by Crippen LogP contribution is -2.08. The van der Waals surface area contributed by atoms with Gasteiger partial charge >= 0.3 is 0 Å². The average molecular weight is 463 g/mol. The molecule has 0 amide bonds. The Morgan fingerprint density at radius 1 is 1.06 bits per heavy atom. The van der Waals surface area contributed by atoms with Crippen LogP contribution < -0.4 is 9.47 Å². The molecule has 0 spiro atoms. The molecule has 2 aromatic rings. The van der Waals surface area contributed by atoms with Gasteiger partial charge in [-0.2, -0.15) is 8.42 Å². The summed E-state index contributed by atoms with van der Waals surface area (Å²) in [4.78, 5) is 11.1. The van der Waals surface area contributed by atoms with Crippen LogP contribution in [-0.2, 0) is 23.0 Å². The summed E-state index contributed by atoms with van der Waals surface area (Å²) < 4.78 is 42.5. The van der Waals surface area contributed by atoms with Crippen LogP contribution in [0.1, 0.15) is 72.5 Å². The fourth-order valence-corrected chi connectivity index (χ4v) is 4.25. The summed E-state index contributed by atoms with van der Waals surface area (Å²) in [5.74, 6) is 1.18. The first-order chi connectivity index (χ1) is 15.3. The topological polar surface area (TPSA) is 89.9 Å². The summed E-state index contributed by atoms with van der Waals surface area (Å²) in [6, 6.07) is 11.6. The van der Waals surface area contributed by atoms with Crippen molar-refractivity contribution < 1.29 is 27.2 Å². The van der Waals surface area contributed by atoms with Crippen molar-refractivity contribution in [3.63, 3.8) is 0 Å². The van der Waals surface area contributed by atoms with Gasteiger partial charge in [-0.15, -0.1) is 0 Å². The van der Waals surface area contributed by atoms with E-state index in [9.17, 15) is 13.2 Å². The van der Waals surface area contributed by atoms with Crippen LogP contribution in [0.2, 0.25) is 0 Å². The van der Waals surface area contributed by atoms with Crippen molar-refractivity contribution in [2.75, 3.05) is 19.5 Å². The highest BCUT2D eigenvalue weighted by atomic mass is 32.2. The Bertz CT molecular complexity index is 984. The summed E-state index contributed by atoms with van der Waals surface area (Å²) in [5.41, 5.74) is 3.76. The van der Waals surface area contributed by atoms with E-state index >= 15 is 0 Å². The number of carbonyl (C=O) groups excluding carboxylic acids is 1. The van der Waals surface area contributed by atoms with E-state index in [2.05, 4.69) is 6.92 Å². The second kappa shape index (κ2) is 12.6. The molecule has 0 heterocycles. The van der Waals surface area contributed by atoms with Crippen LogP contribution in [0.3, 0.4) is 0 Å². The number of hydrogen-bond acceptors (Lipinski definition) is 5. The Morgan fingerprint density at radius 2 is 1.84 bits per heavy atom. The summed E-state index contributed by atoms with van der Waals surface area (Å²) >= 11 is 0. The largest absolute Gasteiger partial charge is 0.496 e. The standard InChI is InChI=1S/C25H34O6S/c1-4-5-14-31-24-17-21(18-26)9-11-22(24)8-6-7-20-10-12-23(25(16-20)30-3)19(2)13-15-32(27,28)29/h9-12,16-19H,4-8,13-15H2,1-3H3,(H,27,28,29). The first-order valence-corrected chi connectivity index (χ1v) is 12.7. The Kier molecular flexibility index (Phi) is 10.2. The van der Waals surface area contributed by atoms with Crippen molar-refractivity contribution in [3.05, 3.63) is 58.7 Å². The number of benzene rings is 2. The summed E-state index contributed by atoms with van der Waals surface area (Å²) in [5, 5.41) is 0. The van der Waals surface area contributed by atoms with Gasteiger partial charge < -0.3 is 9.47 Å². The number of hydrogen-bond donors (Lipinski definition) is 1. The minimum Gasteiger partial charge on any atom is -0.496 e. The Labute approximate surface area is 191 Å². The first kappa shape index (κ1) is 25.9. The van der Waals surface area contributed by atoms with Gasteiger partial charge in [-0.25, -0.2) is 0 Å². The quantitative estimate of drug-likeness (QED) is 0.234. The first-order valence-electron chi connectivity index (χ1n) is 11.1. The van der Waals surface area contributed by atoms with E-state index in [0.717, 1.165) is 66.6 Å². The number of carbonyl (C=O) groups is 1. The highest BCUT2D eigenvalue weighted by molar-refractivity contribution is 7.85.